The van der Waals surface area contributed by atoms with Crippen LogP contribution in [-0.2, 0) is 40.1 Å². The first-order valence-corrected chi connectivity index (χ1v) is 10.7. The minimum atomic E-state index is -0.842. The Hall–Kier alpha value is -3.86. The number of esters is 1. The van der Waals surface area contributed by atoms with Gasteiger partial charge < -0.3 is 25.5 Å². The van der Waals surface area contributed by atoms with Crippen LogP contribution in [0.2, 0.25) is 0 Å². The number of imide groups is 1. The first kappa shape index (κ1) is 26.4. The van der Waals surface area contributed by atoms with Crippen LogP contribution in [0.5, 0.6) is 0 Å². The third-order valence-corrected chi connectivity index (χ3v) is 5.01. The third kappa shape index (κ3) is 7.93. The lowest BCUT2D eigenvalue weighted by Crippen LogP contribution is -2.50. The Bertz CT molecular complexity index is 956. The van der Waals surface area contributed by atoms with Crippen LogP contribution in [0.15, 0.2) is 36.4 Å². The minimum Gasteiger partial charge on any atom is -0.461 e. The van der Waals surface area contributed by atoms with Crippen molar-refractivity contribution in [2.24, 2.45) is 5.92 Å². The zero-order chi connectivity index (χ0) is 25.3. The van der Waals surface area contributed by atoms with Gasteiger partial charge in [-0.3, -0.25) is 28.9 Å². The molecular weight excluding hydrogens is 444 g/mol. The SMILES string of the molecule is CC(=O)OCc1ccc(NC(=O)[C@H](C)NC(=O)[C@H](C)NCC(C=O)CN2C(=O)C=CC2=O)cc1. The Morgan fingerprint density at radius 1 is 1.00 bits per heavy atom. The molecule has 0 radical (unpaired) electrons. The van der Waals surface area contributed by atoms with Gasteiger partial charge in [0.15, 0.2) is 0 Å². The maximum atomic E-state index is 12.4. The quantitative estimate of drug-likeness (QED) is 0.217. The van der Waals surface area contributed by atoms with Gasteiger partial charge in [-0.15, -0.1) is 0 Å². The molecule has 1 aromatic carbocycles. The molecule has 11 nitrogen and oxygen atoms in total. The summed E-state index contributed by atoms with van der Waals surface area (Å²) in [6.07, 6.45) is 2.89. The fraction of sp³-hybridized carbons (Fsp3) is 0.391. The molecule has 0 bridgehead atoms. The Labute approximate surface area is 196 Å². The van der Waals surface area contributed by atoms with Gasteiger partial charge in [0.2, 0.25) is 11.8 Å². The van der Waals surface area contributed by atoms with Crippen LogP contribution in [0.4, 0.5) is 5.69 Å². The normalized spacial score (nSPS) is 15.4. The van der Waals surface area contributed by atoms with Crippen molar-refractivity contribution in [2.45, 2.75) is 39.5 Å². The van der Waals surface area contributed by atoms with Crippen LogP contribution in [-0.4, -0.2) is 66.0 Å². The summed E-state index contributed by atoms with van der Waals surface area (Å²) >= 11 is 0. The molecule has 0 aromatic heterocycles. The number of hydrogen-bond donors (Lipinski definition) is 3. The van der Waals surface area contributed by atoms with Gasteiger partial charge in [-0.25, -0.2) is 0 Å². The van der Waals surface area contributed by atoms with Crippen LogP contribution >= 0.6 is 0 Å². The van der Waals surface area contributed by atoms with Gasteiger partial charge in [0.25, 0.3) is 11.8 Å². The highest BCUT2D eigenvalue weighted by molar-refractivity contribution is 6.13. The molecule has 0 aliphatic carbocycles. The zero-order valence-corrected chi connectivity index (χ0v) is 19.2. The van der Waals surface area contributed by atoms with Crippen molar-refractivity contribution in [3.05, 3.63) is 42.0 Å². The first-order chi connectivity index (χ1) is 16.1. The van der Waals surface area contributed by atoms with Crippen LogP contribution < -0.4 is 16.0 Å². The van der Waals surface area contributed by atoms with E-state index >= 15 is 0 Å². The smallest absolute Gasteiger partial charge is 0.302 e. The highest BCUT2D eigenvalue weighted by Crippen LogP contribution is 2.11. The molecule has 182 valence electrons. The van der Waals surface area contributed by atoms with Crippen molar-refractivity contribution in [3.63, 3.8) is 0 Å². The topological polar surface area (TPSA) is 151 Å². The van der Waals surface area contributed by atoms with Crippen LogP contribution in [0, 0.1) is 5.92 Å². The lowest BCUT2D eigenvalue weighted by atomic mass is 10.1. The summed E-state index contributed by atoms with van der Waals surface area (Å²) in [6.45, 7) is 4.52. The van der Waals surface area contributed by atoms with Crippen molar-refractivity contribution in [1.82, 2.24) is 15.5 Å². The van der Waals surface area contributed by atoms with Crippen LogP contribution in [0.1, 0.15) is 26.3 Å². The van der Waals surface area contributed by atoms with E-state index in [4.69, 9.17) is 4.74 Å². The largest absolute Gasteiger partial charge is 0.461 e. The molecule has 1 aliphatic heterocycles. The Balaban J connectivity index is 1.78. The fourth-order valence-corrected chi connectivity index (χ4v) is 2.95. The van der Waals surface area contributed by atoms with E-state index in [9.17, 15) is 28.8 Å². The summed E-state index contributed by atoms with van der Waals surface area (Å²) < 4.78 is 4.90. The molecule has 1 unspecified atom stereocenters. The predicted octanol–water partition coefficient (Wildman–Crippen LogP) is -0.0889. The highest BCUT2D eigenvalue weighted by atomic mass is 16.5. The van der Waals surface area contributed by atoms with Gasteiger partial charge in [-0.2, -0.15) is 0 Å². The molecule has 0 fully saturated rings. The fourth-order valence-electron chi connectivity index (χ4n) is 2.95. The number of carbonyl (C=O) groups is 6. The second-order valence-corrected chi connectivity index (χ2v) is 7.84. The Kier molecular flexibility index (Phi) is 9.62. The lowest BCUT2D eigenvalue weighted by molar-refractivity contribution is -0.142. The summed E-state index contributed by atoms with van der Waals surface area (Å²) in [5, 5.41) is 8.14. The summed E-state index contributed by atoms with van der Waals surface area (Å²) in [5.74, 6) is -2.94. The summed E-state index contributed by atoms with van der Waals surface area (Å²) in [4.78, 5) is 71.2. The average molecular weight is 472 g/mol. The molecule has 1 aromatic rings. The molecule has 11 heteroatoms. The highest BCUT2D eigenvalue weighted by Gasteiger charge is 2.27. The number of anilines is 1. The summed E-state index contributed by atoms with van der Waals surface area (Å²) in [5.41, 5.74) is 1.27. The van der Waals surface area contributed by atoms with Crippen molar-refractivity contribution in [2.75, 3.05) is 18.4 Å². The number of nitrogens with zero attached hydrogens (tertiary/aromatic N) is 1. The number of nitrogens with one attached hydrogen (secondary N) is 3. The van der Waals surface area contributed by atoms with Crippen molar-refractivity contribution >= 4 is 41.6 Å². The van der Waals surface area contributed by atoms with E-state index in [0.29, 0.717) is 12.0 Å². The van der Waals surface area contributed by atoms with Crippen molar-refractivity contribution in [1.29, 1.82) is 0 Å². The number of carbonyl (C=O) groups excluding carboxylic acids is 6. The Morgan fingerprint density at radius 3 is 2.18 bits per heavy atom. The number of rotatable bonds is 12. The third-order valence-electron chi connectivity index (χ3n) is 5.01. The lowest BCUT2D eigenvalue weighted by Gasteiger charge is -2.22. The molecule has 3 atom stereocenters. The number of hydrogen-bond acceptors (Lipinski definition) is 8. The van der Waals surface area contributed by atoms with E-state index in [1.165, 1.54) is 13.8 Å². The first-order valence-electron chi connectivity index (χ1n) is 10.7. The van der Waals surface area contributed by atoms with Gasteiger partial charge in [-0.05, 0) is 31.5 Å². The molecule has 34 heavy (non-hydrogen) atoms. The molecular formula is C23H28N4O7. The number of ether oxygens (including phenoxy) is 1. The molecule has 1 heterocycles. The number of aldehydes is 1. The van der Waals surface area contributed by atoms with Gasteiger partial charge in [-0.1, -0.05) is 12.1 Å². The Morgan fingerprint density at radius 2 is 1.62 bits per heavy atom. The van der Waals surface area contributed by atoms with E-state index in [0.717, 1.165) is 22.6 Å². The molecule has 2 rings (SSSR count). The van der Waals surface area contributed by atoms with E-state index in [2.05, 4.69) is 16.0 Å². The van der Waals surface area contributed by atoms with Gasteiger partial charge >= 0.3 is 5.97 Å². The maximum absolute atomic E-state index is 12.4. The zero-order valence-electron chi connectivity index (χ0n) is 19.2. The van der Waals surface area contributed by atoms with Gasteiger partial charge in [0.05, 0.1) is 6.04 Å². The van der Waals surface area contributed by atoms with Gasteiger partial charge in [0.1, 0.15) is 18.9 Å². The minimum absolute atomic E-state index is 0.0649. The van der Waals surface area contributed by atoms with Crippen LogP contribution in [0.3, 0.4) is 0 Å². The van der Waals surface area contributed by atoms with E-state index < -0.39 is 41.6 Å². The second kappa shape index (κ2) is 12.4. The molecule has 0 saturated carbocycles. The summed E-state index contributed by atoms with van der Waals surface area (Å²) in [7, 11) is 0. The van der Waals surface area contributed by atoms with E-state index in [1.54, 1.807) is 31.2 Å². The monoisotopic (exact) mass is 472 g/mol. The molecule has 3 N–H and O–H groups in total. The average Bonchev–Trinajstić information content (AvgIpc) is 3.12. The molecule has 1 aliphatic rings. The predicted molar refractivity (Wildman–Crippen MR) is 121 cm³/mol. The van der Waals surface area contributed by atoms with Gasteiger partial charge in [0, 0.05) is 43.8 Å². The van der Waals surface area contributed by atoms with Crippen molar-refractivity contribution < 1.29 is 33.5 Å². The molecule has 4 amide bonds. The van der Waals surface area contributed by atoms with Crippen molar-refractivity contribution in [3.8, 4) is 0 Å². The molecule has 0 saturated heterocycles. The summed E-state index contributed by atoms with van der Waals surface area (Å²) in [6, 6.07) is 5.14. The van der Waals surface area contributed by atoms with E-state index in [1.807, 2.05) is 0 Å². The second-order valence-electron chi connectivity index (χ2n) is 7.84. The maximum Gasteiger partial charge on any atom is 0.302 e. The van der Waals surface area contributed by atoms with E-state index in [-0.39, 0.29) is 25.7 Å². The van der Waals surface area contributed by atoms with Crippen LogP contribution in [0.25, 0.3) is 0 Å². The molecule has 0 spiro atoms. The standard InChI is InChI=1S/C23H28N4O7/c1-14(24-10-18(12-28)11-27-20(30)8-9-21(27)31)22(32)25-15(2)23(33)26-19-6-4-17(5-7-19)13-34-16(3)29/h4-9,12,14-15,18,24H,10-11,13H2,1-3H3,(H,25,32)(H,26,33)/t14-,15-,18?/m0/s1. The number of amides is 4. The number of benzene rings is 1.